The summed E-state index contributed by atoms with van der Waals surface area (Å²) >= 11 is 0. The average molecular weight is 609 g/mol. The van der Waals surface area contributed by atoms with Crippen molar-refractivity contribution >= 4 is 0 Å². The summed E-state index contributed by atoms with van der Waals surface area (Å²) in [5.41, 5.74) is -4.92. The van der Waals surface area contributed by atoms with Gasteiger partial charge in [0.15, 0.2) is 0 Å². The van der Waals surface area contributed by atoms with Crippen molar-refractivity contribution in [2.45, 2.75) is 63.8 Å². The molecule has 1 fully saturated rings. The zero-order valence-corrected chi connectivity index (χ0v) is 22.2. The highest BCUT2D eigenvalue weighted by molar-refractivity contribution is 5.66. The van der Waals surface area contributed by atoms with E-state index in [4.69, 9.17) is 4.74 Å². The lowest BCUT2D eigenvalue weighted by molar-refractivity contribution is -0.189. The lowest BCUT2D eigenvalue weighted by Crippen LogP contribution is -2.25. The smallest absolute Gasteiger partial charge is 0.429 e. The van der Waals surface area contributed by atoms with Gasteiger partial charge in [0.25, 0.3) is 0 Å². The van der Waals surface area contributed by atoms with Gasteiger partial charge in [-0.1, -0.05) is 44.4 Å². The summed E-state index contributed by atoms with van der Waals surface area (Å²) in [5.74, 6) is -10.3. The quantitative estimate of drug-likeness (QED) is 0.178. The Kier molecular flexibility index (Phi) is 9.44. The van der Waals surface area contributed by atoms with Crippen molar-refractivity contribution in [3.05, 3.63) is 88.2 Å². The van der Waals surface area contributed by atoms with Crippen LogP contribution in [0.25, 0.3) is 11.1 Å². The van der Waals surface area contributed by atoms with E-state index in [-0.39, 0.29) is 23.3 Å². The molecule has 42 heavy (non-hydrogen) atoms. The summed E-state index contributed by atoms with van der Waals surface area (Å²) in [4.78, 5) is 0. The maximum atomic E-state index is 15.5. The largest absolute Gasteiger partial charge is 0.432 e. The van der Waals surface area contributed by atoms with Gasteiger partial charge in [0.05, 0.1) is 12.7 Å². The van der Waals surface area contributed by atoms with Gasteiger partial charge in [-0.3, -0.25) is 0 Å². The van der Waals surface area contributed by atoms with Crippen LogP contribution in [0.2, 0.25) is 0 Å². The normalized spacial score (nSPS) is 17.9. The van der Waals surface area contributed by atoms with Crippen molar-refractivity contribution in [3.8, 4) is 16.9 Å². The Morgan fingerprint density at radius 1 is 0.810 bits per heavy atom. The van der Waals surface area contributed by atoms with Crippen LogP contribution in [-0.4, -0.2) is 6.61 Å². The number of halogens is 10. The summed E-state index contributed by atoms with van der Waals surface area (Å²) < 4.78 is 151. The Hall–Kier alpha value is -3.28. The molecule has 0 spiro atoms. The molecule has 3 aromatic carbocycles. The van der Waals surface area contributed by atoms with Gasteiger partial charge in [-0.15, -0.1) is 0 Å². The predicted octanol–water partition coefficient (Wildman–Crippen LogP) is 10.2. The summed E-state index contributed by atoms with van der Waals surface area (Å²) in [7, 11) is 0. The lowest BCUT2D eigenvalue weighted by Gasteiger charge is -2.30. The lowest BCUT2D eigenvalue weighted by atomic mass is 9.89. The Bertz CT molecular complexity index is 1370. The van der Waals surface area contributed by atoms with E-state index >= 15 is 4.39 Å². The van der Waals surface area contributed by atoms with Crippen LogP contribution < -0.4 is 4.74 Å². The van der Waals surface area contributed by atoms with Crippen molar-refractivity contribution < 1.29 is 53.4 Å². The Labute approximate surface area is 235 Å². The molecule has 0 amide bonds. The van der Waals surface area contributed by atoms with Crippen molar-refractivity contribution in [1.29, 1.82) is 0 Å². The second-order valence-corrected chi connectivity index (χ2v) is 10.2. The molecule has 228 valence electrons. The van der Waals surface area contributed by atoms with E-state index < -0.39 is 69.9 Å². The monoisotopic (exact) mass is 608 g/mol. The van der Waals surface area contributed by atoms with Crippen molar-refractivity contribution in [2.75, 3.05) is 6.61 Å². The molecule has 12 heteroatoms. The zero-order valence-electron chi connectivity index (χ0n) is 22.2. The molecule has 2 atom stereocenters. The molecule has 1 aliphatic heterocycles. The maximum absolute atomic E-state index is 15.5. The third-order valence-electron chi connectivity index (χ3n) is 7.15. The first-order chi connectivity index (χ1) is 19.7. The average Bonchev–Trinajstić information content (AvgIpc) is 2.87. The molecule has 0 radical (unpaired) electrons. The molecule has 2 unspecified atom stereocenters. The molecule has 1 saturated heterocycles. The van der Waals surface area contributed by atoms with Crippen LogP contribution in [0.1, 0.15) is 68.2 Å². The minimum absolute atomic E-state index is 0.143. The van der Waals surface area contributed by atoms with Crippen LogP contribution in [0.4, 0.5) is 43.9 Å². The minimum Gasteiger partial charge on any atom is -0.429 e. The van der Waals surface area contributed by atoms with E-state index in [9.17, 15) is 39.5 Å². The molecule has 0 aromatic heterocycles. The van der Waals surface area contributed by atoms with Gasteiger partial charge < -0.3 is 9.47 Å². The molecule has 1 heterocycles. The second kappa shape index (κ2) is 12.5. The van der Waals surface area contributed by atoms with Crippen LogP contribution in [0, 0.1) is 35.0 Å². The number of hydrogen-bond acceptors (Lipinski definition) is 2. The van der Waals surface area contributed by atoms with Gasteiger partial charge in [-0.05, 0) is 42.9 Å². The molecule has 1 aliphatic rings. The highest BCUT2D eigenvalue weighted by atomic mass is 19.4. The standard InChI is InChI=1S/C30H26F10O2/c1-2-3-4-6-16-9-10-25(41-15-16)20-8-5-7-19(28(20)35)17-11-21(31)27(22(32)12-17)30(39,40)42-18-13-23(33)26(24(34)14-18)29(36,37)38/h5,7-8,11-14,16,25H,2-4,6,9-10,15H2,1H3. The SMILES string of the molecule is CCCCCC1CCC(c2cccc(-c3cc(F)c(C(F)(F)Oc4cc(F)c(C(F)(F)F)c(F)c4)c(F)c3)c2F)OC1. The first-order valence-electron chi connectivity index (χ1n) is 13.3. The second-order valence-electron chi connectivity index (χ2n) is 10.2. The molecule has 2 nitrogen and oxygen atoms in total. The van der Waals surface area contributed by atoms with Crippen molar-refractivity contribution in [3.63, 3.8) is 0 Å². The third kappa shape index (κ3) is 6.85. The summed E-state index contributed by atoms with van der Waals surface area (Å²) in [5, 5.41) is 0. The number of alkyl halides is 5. The van der Waals surface area contributed by atoms with E-state index in [1.54, 1.807) is 0 Å². The fourth-order valence-electron chi connectivity index (χ4n) is 5.07. The van der Waals surface area contributed by atoms with Crippen LogP contribution in [0.15, 0.2) is 42.5 Å². The van der Waals surface area contributed by atoms with Crippen molar-refractivity contribution in [1.82, 2.24) is 0 Å². The number of rotatable bonds is 9. The molecule has 0 saturated carbocycles. The van der Waals surface area contributed by atoms with Crippen LogP contribution >= 0.6 is 0 Å². The van der Waals surface area contributed by atoms with E-state index in [1.165, 1.54) is 18.2 Å². The zero-order chi connectivity index (χ0) is 30.8. The summed E-state index contributed by atoms with van der Waals surface area (Å²) in [6.07, 6.45) is -5.44. The molecule has 0 aliphatic carbocycles. The van der Waals surface area contributed by atoms with Gasteiger partial charge in [-0.25, -0.2) is 22.0 Å². The third-order valence-corrected chi connectivity index (χ3v) is 7.15. The minimum atomic E-state index is -5.48. The molecule has 4 rings (SSSR count). The van der Waals surface area contributed by atoms with E-state index in [0.717, 1.165) is 32.1 Å². The van der Waals surface area contributed by atoms with Crippen LogP contribution in [0.5, 0.6) is 5.75 Å². The highest BCUT2D eigenvalue weighted by Gasteiger charge is 2.43. The fraction of sp³-hybridized carbons (Fsp3) is 0.400. The Morgan fingerprint density at radius 3 is 1.98 bits per heavy atom. The topological polar surface area (TPSA) is 18.5 Å². The van der Waals surface area contributed by atoms with Gasteiger partial charge in [0, 0.05) is 23.3 Å². The highest BCUT2D eigenvalue weighted by Crippen LogP contribution is 2.41. The predicted molar refractivity (Wildman–Crippen MR) is 133 cm³/mol. The molecule has 0 N–H and O–H groups in total. The van der Waals surface area contributed by atoms with Crippen LogP contribution in [-0.2, 0) is 17.0 Å². The number of ether oxygens (including phenoxy) is 2. The number of hydrogen-bond donors (Lipinski definition) is 0. The van der Waals surface area contributed by atoms with E-state index in [0.29, 0.717) is 31.1 Å². The molecule has 0 bridgehead atoms. The first kappa shape index (κ1) is 31.7. The number of unbranched alkanes of at least 4 members (excludes halogenated alkanes) is 2. The first-order valence-corrected chi connectivity index (χ1v) is 13.3. The maximum Gasteiger partial charge on any atom is 0.432 e. The molecule has 3 aromatic rings. The molecular formula is C30H26F10O2. The van der Waals surface area contributed by atoms with Gasteiger partial charge in [0.1, 0.15) is 46.0 Å². The Morgan fingerprint density at radius 2 is 1.43 bits per heavy atom. The summed E-state index contributed by atoms with van der Waals surface area (Å²) in [6, 6.07) is 4.57. The molecular weight excluding hydrogens is 582 g/mol. The van der Waals surface area contributed by atoms with Gasteiger partial charge >= 0.3 is 12.3 Å². The van der Waals surface area contributed by atoms with Gasteiger partial charge in [-0.2, -0.15) is 22.0 Å². The number of benzene rings is 3. The Balaban J connectivity index is 1.57. The summed E-state index contributed by atoms with van der Waals surface area (Å²) in [6.45, 7) is 2.53. The van der Waals surface area contributed by atoms with E-state index in [2.05, 4.69) is 11.7 Å². The van der Waals surface area contributed by atoms with Crippen molar-refractivity contribution in [2.24, 2.45) is 5.92 Å². The fourth-order valence-corrected chi connectivity index (χ4v) is 5.07. The van der Waals surface area contributed by atoms with Gasteiger partial charge in [0.2, 0.25) is 0 Å². The van der Waals surface area contributed by atoms with Crippen LogP contribution in [0.3, 0.4) is 0 Å². The van der Waals surface area contributed by atoms with E-state index in [1.807, 2.05) is 0 Å².